The van der Waals surface area contributed by atoms with Crippen molar-refractivity contribution in [1.82, 2.24) is 0 Å². The van der Waals surface area contributed by atoms with E-state index in [9.17, 15) is 5.11 Å². The third kappa shape index (κ3) is 1.95. The number of aliphatic hydroxyl groups excluding tert-OH is 1. The molecule has 0 aromatic heterocycles. The molecule has 0 radical (unpaired) electrons. The highest BCUT2D eigenvalue weighted by Crippen LogP contribution is 2.52. The molecule has 1 nitrogen and oxygen atoms in total. The fourth-order valence-corrected chi connectivity index (χ4v) is 3.97. The second-order valence-electron chi connectivity index (χ2n) is 6.30. The van der Waals surface area contributed by atoms with Gasteiger partial charge in [0, 0.05) is 5.41 Å². The van der Waals surface area contributed by atoms with Crippen LogP contribution in [0.15, 0.2) is 11.6 Å². The molecule has 0 saturated heterocycles. The van der Waals surface area contributed by atoms with Gasteiger partial charge in [0.1, 0.15) is 0 Å². The lowest BCUT2D eigenvalue weighted by atomic mass is 9.56. The summed E-state index contributed by atoms with van der Waals surface area (Å²) in [6.45, 7) is 6.90. The van der Waals surface area contributed by atoms with E-state index in [2.05, 4.69) is 26.8 Å². The van der Waals surface area contributed by atoms with Crippen LogP contribution in [0.5, 0.6) is 0 Å². The third-order valence-corrected chi connectivity index (χ3v) is 4.95. The molecule has 1 saturated carbocycles. The van der Waals surface area contributed by atoms with Crippen LogP contribution in [-0.4, -0.2) is 11.2 Å². The molecule has 3 unspecified atom stereocenters. The Bertz CT molecular complexity index is 279. The second kappa shape index (κ2) is 4.52. The molecule has 0 aromatic rings. The molecule has 1 spiro atoms. The van der Waals surface area contributed by atoms with Crippen molar-refractivity contribution in [2.45, 2.75) is 65.4 Å². The minimum absolute atomic E-state index is 0.0574. The summed E-state index contributed by atoms with van der Waals surface area (Å²) in [5.74, 6) is 1.38. The number of allylic oxidation sites excluding steroid dienone is 2. The zero-order chi connectivity index (χ0) is 11.8. The number of aliphatic hydroxyl groups is 1. The van der Waals surface area contributed by atoms with Crippen LogP contribution in [0.3, 0.4) is 0 Å². The highest BCUT2D eigenvalue weighted by molar-refractivity contribution is 5.13. The molecule has 1 N–H and O–H groups in total. The first-order chi connectivity index (χ1) is 7.56. The van der Waals surface area contributed by atoms with E-state index >= 15 is 0 Å². The van der Waals surface area contributed by atoms with Crippen molar-refractivity contribution in [3.8, 4) is 0 Å². The Labute approximate surface area is 99.9 Å². The van der Waals surface area contributed by atoms with Crippen LogP contribution in [0.2, 0.25) is 0 Å². The standard InChI is InChI=1S/C15H26O/c1-11(2)13-10-12(3)7-9-15(13)8-5-4-6-14(15)16/h7,11,13-14,16H,4-6,8-10H2,1-3H3. The molecule has 2 rings (SSSR count). The van der Waals surface area contributed by atoms with E-state index in [4.69, 9.17) is 0 Å². The second-order valence-corrected chi connectivity index (χ2v) is 6.30. The average molecular weight is 222 g/mol. The molecule has 0 aromatic carbocycles. The molecule has 92 valence electrons. The fraction of sp³-hybridized carbons (Fsp3) is 0.867. The van der Waals surface area contributed by atoms with E-state index in [-0.39, 0.29) is 11.5 Å². The van der Waals surface area contributed by atoms with Crippen molar-refractivity contribution < 1.29 is 5.11 Å². The van der Waals surface area contributed by atoms with Crippen LogP contribution < -0.4 is 0 Å². The van der Waals surface area contributed by atoms with Gasteiger partial charge >= 0.3 is 0 Å². The van der Waals surface area contributed by atoms with Gasteiger partial charge in [-0.25, -0.2) is 0 Å². The van der Waals surface area contributed by atoms with Gasteiger partial charge in [-0.2, -0.15) is 0 Å². The topological polar surface area (TPSA) is 20.2 Å². The Hall–Kier alpha value is -0.300. The number of hydrogen-bond donors (Lipinski definition) is 1. The fourth-order valence-electron chi connectivity index (χ4n) is 3.97. The quantitative estimate of drug-likeness (QED) is 0.667. The number of hydrogen-bond acceptors (Lipinski definition) is 1. The van der Waals surface area contributed by atoms with Crippen LogP contribution in [-0.2, 0) is 0 Å². The number of rotatable bonds is 1. The summed E-state index contributed by atoms with van der Waals surface area (Å²) < 4.78 is 0. The van der Waals surface area contributed by atoms with Gasteiger partial charge in [0.05, 0.1) is 6.10 Å². The third-order valence-electron chi connectivity index (χ3n) is 4.95. The SMILES string of the molecule is CC1=CCC2(CCCCC2O)C(C(C)C)C1. The first-order valence-electron chi connectivity index (χ1n) is 6.90. The smallest absolute Gasteiger partial charge is 0.0602 e. The van der Waals surface area contributed by atoms with Gasteiger partial charge in [-0.05, 0) is 44.4 Å². The maximum Gasteiger partial charge on any atom is 0.0602 e. The first-order valence-corrected chi connectivity index (χ1v) is 6.90. The molecule has 2 aliphatic carbocycles. The zero-order valence-electron chi connectivity index (χ0n) is 11.0. The lowest BCUT2D eigenvalue weighted by Gasteiger charge is -2.51. The molecular weight excluding hydrogens is 196 g/mol. The van der Waals surface area contributed by atoms with Gasteiger partial charge in [-0.15, -0.1) is 0 Å². The monoisotopic (exact) mass is 222 g/mol. The summed E-state index contributed by atoms with van der Waals surface area (Å²) in [5.41, 5.74) is 1.74. The van der Waals surface area contributed by atoms with E-state index in [0.29, 0.717) is 11.8 Å². The molecule has 2 aliphatic rings. The van der Waals surface area contributed by atoms with Gasteiger partial charge in [0.15, 0.2) is 0 Å². The molecule has 0 amide bonds. The van der Waals surface area contributed by atoms with Crippen LogP contribution >= 0.6 is 0 Å². The Morgan fingerprint density at radius 2 is 2.12 bits per heavy atom. The summed E-state index contributed by atoms with van der Waals surface area (Å²) in [5, 5.41) is 10.5. The lowest BCUT2D eigenvalue weighted by molar-refractivity contribution is -0.0693. The minimum Gasteiger partial charge on any atom is -0.393 e. The molecular formula is C15H26O. The predicted molar refractivity (Wildman–Crippen MR) is 68.2 cm³/mol. The molecule has 0 aliphatic heterocycles. The van der Waals surface area contributed by atoms with Gasteiger partial charge < -0.3 is 5.11 Å². The maximum atomic E-state index is 10.5. The highest BCUT2D eigenvalue weighted by atomic mass is 16.3. The maximum absolute atomic E-state index is 10.5. The normalized spacial score (nSPS) is 40.2. The Balaban J connectivity index is 2.28. The van der Waals surface area contributed by atoms with Crippen molar-refractivity contribution in [3.63, 3.8) is 0 Å². The molecule has 16 heavy (non-hydrogen) atoms. The van der Waals surface area contributed by atoms with Crippen molar-refractivity contribution in [2.24, 2.45) is 17.3 Å². The highest BCUT2D eigenvalue weighted by Gasteiger charge is 2.47. The summed E-state index contributed by atoms with van der Waals surface area (Å²) in [4.78, 5) is 0. The minimum atomic E-state index is -0.0574. The summed E-state index contributed by atoms with van der Waals surface area (Å²) in [6.07, 6.45) is 9.43. The molecule has 1 heteroatoms. The zero-order valence-corrected chi connectivity index (χ0v) is 11.0. The first kappa shape index (κ1) is 12.2. The Morgan fingerprint density at radius 1 is 1.38 bits per heavy atom. The van der Waals surface area contributed by atoms with Crippen molar-refractivity contribution in [1.29, 1.82) is 0 Å². The van der Waals surface area contributed by atoms with Gasteiger partial charge in [-0.3, -0.25) is 0 Å². The van der Waals surface area contributed by atoms with E-state index in [1.165, 1.54) is 31.3 Å². The van der Waals surface area contributed by atoms with E-state index < -0.39 is 0 Å². The van der Waals surface area contributed by atoms with E-state index in [0.717, 1.165) is 12.8 Å². The van der Waals surface area contributed by atoms with Crippen LogP contribution in [0, 0.1) is 17.3 Å². The van der Waals surface area contributed by atoms with E-state index in [1.807, 2.05) is 0 Å². The van der Waals surface area contributed by atoms with Crippen LogP contribution in [0.25, 0.3) is 0 Å². The molecule has 1 fully saturated rings. The van der Waals surface area contributed by atoms with Gasteiger partial charge in [-0.1, -0.05) is 38.3 Å². The molecule has 0 heterocycles. The predicted octanol–water partition coefficient (Wildman–Crippen LogP) is 3.92. The van der Waals surface area contributed by atoms with Crippen molar-refractivity contribution >= 4 is 0 Å². The summed E-state index contributed by atoms with van der Waals surface area (Å²) in [7, 11) is 0. The van der Waals surface area contributed by atoms with Gasteiger partial charge in [0.2, 0.25) is 0 Å². The average Bonchev–Trinajstić information content (AvgIpc) is 2.25. The van der Waals surface area contributed by atoms with E-state index in [1.54, 1.807) is 0 Å². The van der Waals surface area contributed by atoms with Gasteiger partial charge in [0.25, 0.3) is 0 Å². The Morgan fingerprint density at radius 3 is 2.75 bits per heavy atom. The lowest BCUT2D eigenvalue weighted by Crippen LogP contribution is -2.47. The largest absolute Gasteiger partial charge is 0.393 e. The summed E-state index contributed by atoms with van der Waals surface area (Å²) in [6, 6.07) is 0. The molecule has 3 atom stereocenters. The van der Waals surface area contributed by atoms with Crippen LogP contribution in [0.4, 0.5) is 0 Å². The van der Waals surface area contributed by atoms with Crippen LogP contribution in [0.1, 0.15) is 59.3 Å². The van der Waals surface area contributed by atoms with Crippen molar-refractivity contribution in [3.05, 3.63) is 11.6 Å². The summed E-state index contributed by atoms with van der Waals surface area (Å²) >= 11 is 0. The molecule has 0 bridgehead atoms. The van der Waals surface area contributed by atoms with Crippen molar-refractivity contribution in [2.75, 3.05) is 0 Å². The Kier molecular flexibility index (Phi) is 3.44.